The molecule has 0 fully saturated rings. The molecule has 4 N–H and O–H groups in total. The molecule has 0 aromatic heterocycles. The second-order valence-corrected chi connectivity index (χ2v) is 5.18. The van der Waals surface area contributed by atoms with Gasteiger partial charge in [-0.1, -0.05) is 12.2 Å². The highest BCUT2D eigenvalue weighted by molar-refractivity contribution is 5.82. The normalized spacial score (nSPS) is 18.8. The molecule has 0 saturated heterocycles. The first-order valence-electron chi connectivity index (χ1n) is 7.13. The molecule has 1 unspecified atom stereocenters. The molecule has 7 nitrogen and oxygen atoms in total. The highest BCUT2D eigenvalue weighted by Crippen LogP contribution is 2.16. The number of amides is 2. The highest BCUT2D eigenvalue weighted by Gasteiger charge is 2.20. The third-order valence-corrected chi connectivity index (χ3v) is 3.42. The van der Waals surface area contributed by atoms with Crippen LogP contribution >= 0.6 is 0 Å². The summed E-state index contributed by atoms with van der Waals surface area (Å²) in [5.41, 5.74) is 0. The van der Waals surface area contributed by atoms with Crippen LogP contribution in [-0.2, 0) is 9.59 Å². The molecular formula is C14H22N2O5. The SMILES string of the molecule is O=C(O)CCC[C@@H](NC(=O)NCC1CC=CCC1)C(=O)O. The van der Waals surface area contributed by atoms with Crippen LogP contribution in [-0.4, -0.2) is 40.8 Å². The number of allylic oxidation sites excluding steroid dienone is 2. The number of nitrogens with one attached hydrogen (secondary N) is 2. The van der Waals surface area contributed by atoms with E-state index in [9.17, 15) is 14.4 Å². The summed E-state index contributed by atoms with van der Waals surface area (Å²) in [6.07, 6.45) is 7.32. The lowest BCUT2D eigenvalue weighted by Crippen LogP contribution is -2.47. The average molecular weight is 298 g/mol. The number of carbonyl (C=O) groups excluding carboxylic acids is 1. The minimum Gasteiger partial charge on any atom is -0.481 e. The minimum absolute atomic E-state index is 0.0984. The van der Waals surface area contributed by atoms with Crippen molar-refractivity contribution in [3.05, 3.63) is 12.2 Å². The number of carboxylic acid groups (broad SMARTS) is 2. The van der Waals surface area contributed by atoms with Gasteiger partial charge in [0.25, 0.3) is 0 Å². The van der Waals surface area contributed by atoms with Gasteiger partial charge in [0.15, 0.2) is 0 Å². The molecule has 0 aromatic carbocycles. The number of carboxylic acids is 2. The predicted molar refractivity (Wildman–Crippen MR) is 75.9 cm³/mol. The van der Waals surface area contributed by atoms with Gasteiger partial charge in [0.2, 0.25) is 0 Å². The zero-order valence-corrected chi connectivity index (χ0v) is 11.9. The van der Waals surface area contributed by atoms with E-state index >= 15 is 0 Å². The molecule has 7 heteroatoms. The summed E-state index contributed by atoms with van der Waals surface area (Å²) < 4.78 is 0. The molecule has 0 heterocycles. The summed E-state index contributed by atoms with van der Waals surface area (Å²) in [7, 11) is 0. The fourth-order valence-electron chi connectivity index (χ4n) is 2.20. The first kappa shape index (κ1) is 17.0. The number of hydrogen-bond acceptors (Lipinski definition) is 3. The Kier molecular flexibility index (Phi) is 7.28. The van der Waals surface area contributed by atoms with Crippen molar-refractivity contribution in [2.75, 3.05) is 6.54 Å². The topological polar surface area (TPSA) is 116 Å². The molecule has 1 rings (SSSR count). The zero-order chi connectivity index (χ0) is 15.7. The van der Waals surface area contributed by atoms with Gasteiger partial charge in [0, 0.05) is 13.0 Å². The van der Waals surface area contributed by atoms with Crippen LogP contribution in [0.25, 0.3) is 0 Å². The van der Waals surface area contributed by atoms with E-state index in [-0.39, 0.29) is 19.3 Å². The van der Waals surface area contributed by atoms with E-state index in [4.69, 9.17) is 10.2 Å². The summed E-state index contributed by atoms with van der Waals surface area (Å²) >= 11 is 0. The maximum absolute atomic E-state index is 11.7. The molecule has 21 heavy (non-hydrogen) atoms. The standard InChI is InChI=1S/C14H22N2O5/c17-12(18)8-4-7-11(13(19)20)16-14(21)15-9-10-5-2-1-3-6-10/h1-2,10-11H,3-9H2,(H,17,18)(H,19,20)(H2,15,16,21)/t10?,11-/m1/s1. The van der Waals surface area contributed by atoms with Crippen LogP contribution in [0.1, 0.15) is 38.5 Å². The van der Waals surface area contributed by atoms with Crippen LogP contribution in [0.3, 0.4) is 0 Å². The van der Waals surface area contributed by atoms with Gasteiger partial charge in [-0.3, -0.25) is 4.79 Å². The van der Waals surface area contributed by atoms with Crippen molar-refractivity contribution in [3.8, 4) is 0 Å². The Labute approximate surface area is 123 Å². The van der Waals surface area contributed by atoms with Crippen molar-refractivity contribution in [2.45, 2.75) is 44.6 Å². The van der Waals surface area contributed by atoms with Crippen molar-refractivity contribution in [3.63, 3.8) is 0 Å². The van der Waals surface area contributed by atoms with Crippen molar-refractivity contribution < 1.29 is 24.6 Å². The zero-order valence-electron chi connectivity index (χ0n) is 11.9. The van der Waals surface area contributed by atoms with Gasteiger partial charge in [0.05, 0.1) is 0 Å². The van der Waals surface area contributed by atoms with Gasteiger partial charge in [-0.25, -0.2) is 9.59 Å². The fourth-order valence-corrected chi connectivity index (χ4v) is 2.20. The molecule has 2 amide bonds. The van der Waals surface area contributed by atoms with E-state index < -0.39 is 24.0 Å². The molecule has 0 spiro atoms. The molecular weight excluding hydrogens is 276 g/mol. The molecule has 0 radical (unpaired) electrons. The second-order valence-electron chi connectivity index (χ2n) is 5.18. The number of rotatable bonds is 8. The predicted octanol–water partition coefficient (Wildman–Crippen LogP) is 1.35. The Morgan fingerprint density at radius 2 is 2.00 bits per heavy atom. The molecule has 2 atom stereocenters. The maximum Gasteiger partial charge on any atom is 0.326 e. The Hall–Kier alpha value is -2.05. The maximum atomic E-state index is 11.7. The van der Waals surface area contributed by atoms with Crippen molar-refractivity contribution in [1.29, 1.82) is 0 Å². The second kappa shape index (κ2) is 8.99. The first-order valence-corrected chi connectivity index (χ1v) is 7.13. The fraction of sp³-hybridized carbons (Fsp3) is 0.643. The van der Waals surface area contributed by atoms with Crippen molar-refractivity contribution >= 4 is 18.0 Å². The van der Waals surface area contributed by atoms with Gasteiger partial charge < -0.3 is 20.8 Å². The van der Waals surface area contributed by atoms with Gasteiger partial charge in [0.1, 0.15) is 6.04 Å². The van der Waals surface area contributed by atoms with E-state index in [1.807, 2.05) is 0 Å². The monoisotopic (exact) mass is 298 g/mol. The van der Waals surface area contributed by atoms with Gasteiger partial charge >= 0.3 is 18.0 Å². The number of aliphatic carboxylic acids is 2. The molecule has 1 aliphatic rings. The lowest BCUT2D eigenvalue weighted by Gasteiger charge is -2.19. The number of carbonyl (C=O) groups is 3. The highest BCUT2D eigenvalue weighted by atomic mass is 16.4. The Balaban J connectivity index is 2.29. The molecule has 0 aliphatic heterocycles. The van der Waals surface area contributed by atoms with Crippen LogP contribution in [0, 0.1) is 5.92 Å². The first-order chi connectivity index (χ1) is 9.99. The number of hydrogen-bond donors (Lipinski definition) is 4. The summed E-state index contributed by atoms with van der Waals surface area (Å²) in [5, 5.41) is 22.6. The molecule has 0 bridgehead atoms. The van der Waals surface area contributed by atoms with Crippen LogP contribution in [0.2, 0.25) is 0 Å². The van der Waals surface area contributed by atoms with Gasteiger partial charge in [-0.15, -0.1) is 0 Å². The summed E-state index contributed by atoms with van der Waals surface area (Å²) in [4.78, 5) is 33.1. The van der Waals surface area contributed by atoms with E-state index in [1.54, 1.807) is 0 Å². The summed E-state index contributed by atoms with van der Waals surface area (Å²) in [6.45, 7) is 0.512. The quantitative estimate of drug-likeness (QED) is 0.505. The van der Waals surface area contributed by atoms with Gasteiger partial charge in [-0.05, 0) is 38.0 Å². The smallest absolute Gasteiger partial charge is 0.326 e. The van der Waals surface area contributed by atoms with E-state index in [2.05, 4.69) is 22.8 Å². The van der Waals surface area contributed by atoms with Crippen molar-refractivity contribution in [2.24, 2.45) is 5.92 Å². The van der Waals surface area contributed by atoms with Crippen LogP contribution in [0.5, 0.6) is 0 Å². The van der Waals surface area contributed by atoms with Crippen LogP contribution in [0.15, 0.2) is 12.2 Å². The van der Waals surface area contributed by atoms with E-state index in [1.165, 1.54) is 0 Å². The summed E-state index contributed by atoms with van der Waals surface area (Å²) in [6, 6.07) is -1.58. The molecule has 118 valence electrons. The third-order valence-electron chi connectivity index (χ3n) is 3.42. The number of urea groups is 1. The Bertz CT molecular complexity index is 408. The summed E-state index contributed by atoms with van der Waals surface area (Å²) in [5.74, 6) is -1.75. The lowest BCUT2D eigenvalue weighted by molar-refractivity contribution is -0.140. The Morgan fingerprint density at radius 3 is 2.57 bits per heavy atom. The van der Waals surface area contributed by atoms with Crippen LogP contribution < -0.4 is 10.6 Å². The molecule has 0 aromatic rings. The van der Waals surface area contributed by atoms with E-state index in [0.717, 1.165) is 19.3 Å². The average Bonchev–Trinajstić information content (AvgIpc) is 2.44. The molecule has 1 aliphatic carbocycles. The van der Waals surface area contributed by atoms with E-state index in [0.29, 0.717) is 12.5 Å². The largest absolute Gasteiger partial charge is 0.481 e. The lowest BCUT2D eigenvalue weighted by atomic mass is 9.94. The van der Waals surface area contributed by atoms with Crippen molar-refractivity contribution in [1.82, 2.24) is 10.6 Å². The van der Waals surface area contributed by atoms with Crippen LogP contribution in [0.4, 0.5) is 4.79 Å². The third kappa shape index (κ3) is 7.34. The molecule has 0 saturated carbocycles. The van der Waals surface area contributed by atoms with Gasteiger partial charge in [-0.2, -0.15) is 0 Å². The Morgan fingerprint density at radius 1 is 1.24 bits per heavy atom. The minimum atomic E-state index is -1.16.